The van der Waals surface area contributed by atoms with E-state index in [0.717, 1.165) is 0 Å². The SMILES string of the molecule is COC(=O)NC1CCN(C(=O)c2ccc(C#N)cn2)C1. The van der Waals surface area contributed by atoms with Gasteiger partial charge in [-0.15, -0.1) is 0 Å². The smallest absolute Gasteiger partial charge is 0.407 e. The third-order valence-electron chi connectivity index (χ3n) is 3.09. The van der Waals surface area contributed by atoms with E-state index in [1.54, 1.807) is 11.0 Å². The van der Waals surface area contributed by atoms with Gasteiger partial charge in [0.1, 0.15) is 11.8 Å². The van der Waals surface area contributed by atoms with Gasteiger partial charge in [0.15, 0.2) is 0 Å². The molecule has 0 bridgehead atoms. The monoisotopic (exact) mass is 274 g/mol. The molecule has 1 unspecified atom stereocenters. The van der Waals surface area contributed by atoms with Crippen molar-refractivity contribution in [1.82, 2.24) is 15.2 Å². The van der Waals surface area contributed by atoms with Crippen molar-refractivity contribution in [2.75, 3.05) is 20.2 Å². The Morgan fingerprint density at radius 3 is 2.95 bits per heavy atom. The standard InChI is InChI=1S/C13H14N4O3/c1-20-13(19)16-10-4-5-17(8-10)12(18)11-3-2-9(6-14)7-15-11/h2-3,7,10H,4-5,8H2,1H3,(H,16,19). The van der Waals surface area contributed by atoms with Gasteiger partial charge in [-0.1, -0.05) is 0 Å². The molecule has 1 saturated heterocycles. The molecule has 0 aromatic carbocycles. The molecule has 1 fully saturated rings. The van der Waals surface area contributed by atoms with Crippen LogP contribution >= 0.6 is 0 Å². The Morgan fingerprint density at radius 1 is 1.55 bits per heavy atom. The lowest BCUT2D eigenvalue weighted by Crippen LogP contribution is -2.38. The molecule has 2 heterocycles. The second-order valence-electron chi connectivity index (χ2n) is 4.42. The number of ether oxygens (including phenoxy) is 1. The van der Waals surface area contributed by atoms with Gasteiger partial charge in [0.05, 0.1) is 18.7 Å². The minimum Gasteiger partial charge on any atom is -0.453 e. The van der Waals surface area contributed by atoms with Gasteiger partial charge in [-0.2, -0.15) is 5.26 Å². The van der Waals surface area contributed by atoms with Crippen LogP contribution < -0.4 is 5.32 Å². The first-order valence-electron chi connectivity index (χ1n) is 6.14. The number of hydrogen-bond donors (Lipinski definition) is 1. The molecule has 7 heteroatoms. The van der Waals surface area contributed by atoms with E-state index in [-0.39, 0.29) is 11.9 Å². The predicted molar refractivity (Wildman–Crippen MR) is 68.8 cm³/mol. The second kappa shape index (κ2) is 6.02. The second-order valence-corrected chi connectivity index (χ2v) is 4.42. The number of nitrogens with zero attached hydrogens (tertiary/aromatic N) is 3. The molecule has 20 heavy (non-hydrogen) atoms. The van der Waals surface area contributed by atoms with Crippen molar-refractivity contribution >= 4 is 12.0 Å². The third-order valence-corrected chi connectivity index (χ3v) is 3.09. The summed E-state index contributed by atoms with van der Waals surface area (Å²) < 4.78 is 4.52. The highest BCUT2D eigenvalue weighted by Gasteiger charge is 2.28. The highest BCUT2D eigenvalue weighted by molar-refractivity contribution is 5.92. The van der Waals surface area contributed by atoms with Crippen LogP contribution in [0.2, 0.25) is 0 Å². The number of rotatable bonds is 2. The fraction of sp³-hybridized carbons (Fsp3) is 0.385. The van der Waals surface area contributed by atoms with Crippen molar-refractivity contribution in [3.63, 3.8) is 0 Å². The number of methoxy groups -OCH3 is 1. The van der Waals surface area contributed by atoms with Crippen LogP contribution in [0, 0.1) is 11.3 Å². The Morgan fingerprint density at radius 2 is 2.35 bits per heavy atom. The largest absolute Gasteiger partial charge is 0.453 e. The highest BCUT2D eigenvalue weighted by atomic mass is 16.5. The molecule has 0 saturated carbocycles. The van der Waals surface area contributed by atoms with E-state index >= 15 is 0 Å². The van der Waals surface area contributed by atoms with E-state index in [4.69, 9.17) is 5.26 Å². The number of alkyl carbamates (subject to hydrolysis) is 1. The lowest BCUT2D eigenvalue weighted by atomic mass is 10.2. The van der Waals surface area contributed by atoms with Gasteiger partial charge in [0, 0.05) is 19.3 Å². The Balaban J connectivity index is 1.97. The molecule has 2 rings (SSSR count). The summed E-state index contributed by atoms with van der Waals surface area (Å²) in [6, 6.07) is 4.93. The summed E-state index contributed by atoms with van der Waals surface area (Å²) in [5.41, 5.74) is 0.705. The van der Waals surface area contributed by atoms with Gasteiger partial charge in [-0.3, -0.25) is 4.79 Å². The molecule has 1 atom stereocenters. The molecule has 0 aliphatic carbocycles. The summed E-state index contributed by atoms with van der Waals surface area (Å²) in [6.07, 6.45) is 1.55. The van der Waals surface area contributed by atoms with Gasteiger partial charge >= 0.3 is 6.09 Å². The summed E-state index contributed by atoms with van der Waals surface area (Å²) in [5, 5.41) is 11.3. The summed E-state index contributed by atoms with van der Waals surface area (Å²) in [5.74, 6) is -0.205. The number of pyridine rings is 1. The summed E-state index contributed by atoms with van der Waals surface area (Å²) in [4.78, 5) is 28.9. The molecule has 1 aromatic rings. The van der Waals surface area contributed by atoms with Crippen LogP contribution in [0.1, 0.15) is 22.5 Å². The van der Waals surface area contributed by atoms with Crippen LogP contribution in [0.5, 0.6) is 0 Å². The van der Waals surface area contributed by atoms with Gasteiger partial charge in [0.25, 0.3) is 5.91 Å². The number of nitrogens with one attached hydrogen (secondary N) is 1. The molecular formula is C13H14N4O3. The van der Waals surface area contributed by atoms with E-state index in [1.165, 1.54) is 19.4 Å². The Bertz CT molecular complexity index is 550. The van der Waals surface area contributed by atoms with Crippen LogP contribution in [0.15, 0.2) is 18.3 Å². The summed E-state index contributed by atoms with van der Waals surface area (Å²) in [7, 11) is 1.30. The third kappa shape index (κ3) is 3.03. The molecule has 1 N–H and O–H groups in total. The van der Waals surface area contributed by atoms with Crippen LogP contribution in [-0.4, -0.2) is 48.1 Å². The van der Waals surface area contributed by atoms with Crippen molar-refractivity contribution in [3.05, 3.63) is 29.6 Å². The fourth-order valence-corrected chi connectivity index (χ4v) is 2.04. The normalized spacial score (nSPS) is 17.4. The van der Waals surface area contributed by atoms with Crippen molar-refractivity contribution in [2.45, 2.75) is 12.5 Å². The van der Waals surface area contributed by atoms with Crippen molar-refractivity contribution in [3.8, 4) is 6.07 Å². The quantitative estimate of drug-likeness (QED) is 0.848. The van der Waals surface area contributed by atoms with E-state index in [2.05, 4.69) is 15.0 Å². The molecule has 0 radical (unpaired) electrons. The summed E-state index contributed by atoms with van der Waals surface area (Å²) in [6.45, 7) is 0.977. The van der Waals surface area contributed by atoms with Gasteiger partial charge in [0.2, 0.25) is 0 Å². The number of carbonyl (C=O) groups excluding carboxylic acids is 2. The Kier molecular flexibility index (Phi) is 4.15. The number of likely N-dealkylation sites (tertiary alicyclic amines) is 1. The van der Waals surface area contributed by atoms with Crippen molar-refractivity contribution in [1.29, 1.82) is 5.26 Å². The molecule has 104 valence electrons. The molecule has 0 spiro atoms. The highest BCUT2D eigenvalue weighted by Crippen LogP contribution is 2.13. The zero-order valence-electron chi connectivity index (χ0n) is 11.0. The maximum Gasteiger partial charge on any atom is 0.407 e. The van der Waals surface area contributed by atoms with E-state index in [1.807, 2.05) is 6.07 Å². The van der Waals surface area contributed by atoms with Gasteiger partial charge in [-0.25, -0.2) is 9.78 Å². The Labute approximate surface area is 116 Å². The van der Waals surface area contributed by atoms with Crippen LogP contribution in [0.25, 0.3) is 0 Å². The molecule has 1 aliphatic heterocycles. The van der Waals surface area contributed by atoms with Crippen LogP contribution in [-0.2, 0) is 4.74 Å². The number of carbonyl (C=O) groups is 2. The van der Waals surface area contributed by atoms with Crippen LogP contribution in [0.4, 0.5) is 4.79 Å². The predicted octanol–water partition coefficient (Wildman–Crippen LogP) is 0.524. The van der Waals surface area contributed by atoms with Crippen LogP contribution in [0.3, 0.4) is 0 Å². The molecule has 1 aromatic heterocycles. The van der Waals surface area contributed by atoms with Crippen molar-refractivity contribution in [2.24, 2.45) is 0 Å². The first-order valence-corrected chi connectivity index (χ1v) is 6.14. The first-order chi connectivity index (χ1) is 9.63. The summed E-state index contributed by atoms with van der Waals surface area (Å²) >= 11 is 0. The molecular weight excluding hydrogens is 260 g/mol. The zero-order chi connectivity index (χ0) is 14.5. The number of hydrogen-bond acceptors (Lipinski definition) is 5. The first kappa shape index (κ1) is 13.8. The fourth-order valence-electron chi connectivity index (χ4n) is 2.04. The number of amides is 2. The molecule has 7 nitrogen and oxygen atoms in total. The van der Waals surface area contributed by atoms with Gasteiger partial charge < -0.3 is 15.0 Å². The Hall–Kier alpha value is -2.62. The maximum atomic E-state index is 12.2. The maximum absolute atomic E-state index is 12.2. The lowest BCUT2D eigenvalue weighted by molar-refractivity contribution is 0.0782. The number of aromatic nitrogens is 1. The molecule has 2 amide bonds. The average Bonchev–Trinajstić information content (AvgIpc) is 2.95. The van der Waals surface area contributed by atoms with E-state index in [9.17, 15) is 9.59 Å². The zero-order valence-corrected chi connectivity index (χ0v) is 11.0. The topological polar surface area (TPSA) is 95.3 Å². The minimum absolute atomic E-state index is 0.107. The van der Waals surface area contributed by atoms with E-state index < -0.39 is 6.09 Å². The van der Waals surface area contributed by atoms with Crippen molar-refractivity contribution < 1.29 is 14.3 Å². The minimum atomic E-state index is -0.499. The lowest BCUT2D eigenvalue weighted by Gasteiger charge is -2.16. The van der Waals surface area contributed by atoms with Gasteiger partial charge in [-0.05, 0) is 18.6 Å². The molecule has 1 aliphatic rings. The average molecular weight is 274 g/mol. The van der Waals surface area contributed by atoms with E-state index in [0.29, 0.717) is 30.8 Å². The number of nitriles is 1.